The van der Waals surface area contributed by atoms with Gasteiger partial charge in [0.2, 0.25) is 5.91 Å². The lowest BCUT2D eigenvalue weighted by atomic mass is 10.0. The molecule has 1 amide bonds. The molecule has 28 heavy (non-hydrogen) atoms. The first-order valence-electron chi connectivity index (χ1n) is 9.15. The fourth-order valence-corrected chi connectivity index (χ4v) is 2.74. The second kappa shape index (κ2) is 10.3. The molecule has 2 aromatic carbocycles. The molecule has 0 aliphatic heterocycles. The average Bonchev–Trinajstić information content (AvgIpc) is 2.70. The summed E-state index contributed by atoms with van der Waals surface area (Å²) in [6, 6.07) is 13.9. The molecular formula is C22H27NO5. The van der Waals surface area contributed by atoms with Crippen molar-refractivity contribution in [2.24, 2.45) is 5.92 Å². The van der Waals surface area contributed by atoms with Crippen LogP contribution in [0.25, 0.3) is 0 Å². The summed E-state index contributed by atoms with van der Waals surface area (Å²) in [6.07, 6.45) is 0.209. The number of carbonyl (C=O) groups is 2. The molecule has 0 aliphatic carbocycles. The smallest absolute Gasteiger partial charge is 0.329 e. The average molecular weight is 385 g/mol. The highest BCUT2D eigenvalue weighted by Gasteiger charge is 2.26. The molecule has 0 unspecified atom stereocenters. The van der Waals surface area contributed by atoms with Crippen molar-refractivity contribution in [3.8, 4) is 11.5 Å². The molecule has 0 saturated heterocycles. The van der Waals surface area contributed by atoms with Gasteiger partial charge in [0.05, 0.1) is 20.6 Å². The molecule has 0 bridgehead atoms. The van der Waals surface area contributed by atoms with Crippen LogP contribution in [0.3, 0.4) is 0 Å². The molecule has 0 fully saturated rings. The SMILES string of the molecule is COc1ccc(OC)c(COC(=O)[C@@H](NC(=O)Cc2ccccc2)C(C)C)c1. The van der Waals surface area contributed by atoms with E-state index in [1.54, 1.807) is 32.4 Å². The third kappa shape index (κ3) is 6.01. The number of hydrogen-bond acceptors (Lipinski definition) is 5. The number of methoxy groups -OCH3 is 2. The molecule has 0 aliphatic rings. The maximum Gasteiger partial charge on any atom is 0.329 e. The predicted molar refractivity (Wildman–Crippen MR) is 106 cm³/mol. The quantitative estimate of drug-likeness (QED) is 0.672. The maximum absolute atomic E-state index is 12.6. The molecule has 0 radical (unpaired) electrons. The van der Waals surface area contributed by atoms with E-state index in [9.17, 15) is 9.59 Å². The summed E-state index contributed by atoms with van der Waals surface area (Å²) >= 11 is 0. The first-order valence-corrected chi connectivity index (χ1v) is 9.15. The lowest BCUT2D eigenvalue weighted by molar-refractivity contribution is -0.150. The van der Waals surface area contributed by atoms with E-state index in [0.717, 1.165) is 5.56 Å². The van der Waals surface area contributed by atoms with Gasteiger partial charge in [-0.1, -0.05) is 44.2 Å². The van der Waals surface area contributed by atoms with Gasteiger partial charge in [0.25, 0.3) is 0 Å². The number of esters is 1. The van der Waals surface area contributed by atoms with Crippen LogP contribution in [0.1, 0.15) is 25.0 Å². The zero-order valence-corrected chi connectivity index (χ0v) is 16.7. The van der Waals surface area contributed by atoms with E-state index < -0.39 is 12.0 Å². The normalized spacial score (nSPS) is 11.6. The summed E-state index contributed by atoms with van der Waals surface area (Å²) in [7, 11) is 3.11. The molecule has 0 saturated carbocycles. The fraction of sp³-hybridized carbons (Fsp3) is 0.364. The Kier molecular flexibility index (Phi) is 7.87. The van der Waals surface area contributed by atoms with E-state index in [0.29, 0.717) is 17.1 Å². The third-order valence-electron chi connectivity index (χ3n) is 4.30. The third-order valence-corrected chi connectivity index (χ3v) is 4.30. The molecule has 1 N–H and O–H groups in total. The van der Waals surface area contributed by atoms with Gasteiger partial charge in [0.1, 0.15) is 24.1 Å². The Morgan fingerprint density at radius 3 is 2.32 bits per heavy atom. The summed E-state index contributed by atoms with van der Waals surface area (Å²) in [4.78, 5) is 24.9. The molecule has 0 spiro atoms. The number of carbonyl (C=O) groups excluding carboxylic acids is 2. The Hall–Kier alpha value is -3.02. The van der Waals surface area contributed by atoms with Crippen LogP contribution in [0.2, 0.25) is 0 Å². The zero-order valence-electron chi connectivity index (χ0n) is 16.7. The standard InChI is InChI=1S/C22H27NO5/c1-15(2)21(23-20(24)12-16-8-6-5-7-9-16)22(25)28-14-17-13-18(26-3)10-11-19(17)27-4/h5-11,13,15,21H,12,14H2,1-4H3,(H,23,24)/t21-/m0/s1. The van der Waals surface area contributed by atoms with Gasteiger partial charge < -0.3 is 19.5 Å². The minimum atomic E-state index is -0.729. The van der Waals surface area contributed by atoms with Gasteiger partial charge in [-0.15, -0.1) is 0 Å². The topological polar surface area (TPSA) is 73.9 Å². The van der Waals surface area contributed by atoms with Crippen LogP contribution in [0.15, 0.2) is 48.5 Å². The van der Waals surface area contributed by atoms with Crippen molar-refractivity contribution in [2.75, 3.05) is 14.2 Å². The summed E-state index contributed by atoms with van der Waals surface area (Å²) in [6.45, 7) is 3.75. The van der Waals surface area contributed by atoms with Gasteiger partial charge >= 0.3 is 5.97 Å². The van der Waals surface area contributed by atoms with E-state index in [2.05, 4.69) is 5.32 Å². The van der Waals surface area contributed by atoms with Crippen LogP contribution < -0.4 is 14.8 Å². The second-order valence-electron chi connectivity index (χ2n) is 6.74. The van der Waals surface area contributed by atoms with Gasteiger partial charge in [0, 0.05) is 5.56 Å². The highest BCUT2D eigenvalue weighted by Crippen LogP contribution is 2.24. The first kappa shape index (κ1) is 21.3. The molecular weight excluding hydrogens is 358 g/mol. The van der Waals surface area contributed by atoms with Crippen LogP contribution in [0.4, 0.5) is 0 Å². The van der Waals surface area contributed by atoms with E-state index in [1.165, 1.54) is 0 Å². The lowest BCUT2D eigenvalue weighted by Gasteiger charge is -2.21. The van der Waals surface area contributed by atoms with Crippen molar-refractivity contribution >= 4 is 11.9 Å². The zero-order chi connectivity index (χ0) is 20.5. The van der Waals surface area contributed by atoms with Gasteiger partial charge in [-0.25, -0.2) is 4.79 Å². The van der Waals surface area contributed by atoms with Crippen LogP contribution >= 0.6 is 0 Å². The van der Waals surface area contributed by atoms with E-state index in [4.69, 9.17) is 14.2 Å². The minimum absolute atomic E-state index is 0.0248. The van der Waals surface area contributed by atoms with Gasteiger partial charge in [-0.2, -0.15) is 0 Å². The van der Waals surface area contributed by atoms with Gasteiger partial charge in [-0.3, -0.25) is 4.79 Å². The van der Waals surface area contributed by atoms with Crippen molar-refractivity contribution in [3.63, 3.8) is 0 Å². The van der Waals surface area contributed by atoms with Crippen molar-refractivity contribution in [1.82, 2.24) is 5.32 Å². The number of rotatable bonds is 9. The number of ether oxygens (including phenoxy) is 3. The Morgan fingerprint density at radius 1 is 1.00 bits per heavy atom. The molecule has 0 heterocycles. The molecule has 150 valence electrons. The Morgan fingerprint density at radius 2 is 1.71 bits per heavy atom. The minimum Gasteiger partial charge on any atom is -0.497 e. The molecule has 1 atom stereocenters. The summed E-state index contributed by atoms with van der Waals surface area (Å²) in [5, 5.41) is 2.78. The number of amides is 1. The Labute approximate surface area is 165 Å². The number of benzene rings is 2. The summed E-state index contributed by atoms with van der Waals surface area (Å²) in [5.74, 6) is 0.424. The van der Waals surface area contributed by atoms with Crippen LogP contribution in [-0.2, 0) is 27.4 Å². The first-order chi connectivity index (χ1) is 13.4. The molecule has 2 aromatic rings. The predicted octanol–water partition coefficient (Wildman–Crippen LogP) is 3.13. The summed E-state index contributed by atoms with van der Waals surface area (Å²) in [5.41, 5.74) is 1.57. The van der Waals surface area contributed by atoms with Crippen LogP contribution in [0.5, 0.6) is 11.5 Å². The number of hydrogen-bond donors (Lipinski definition) is 1. The van der Waals surface area contributed by atoms with Crippen molar-refractivity contribution in [3.05, 3.63) is 59.7 Å². The Bertz CT molecular complexity index is 789. The molecule has 2 rings (SSSR count). The fourth-order valence-electron chi connectivity index (χ4n) is 2.74. The van der Waals surface area contributed by atoms with Gasteiger partial charge in [-0.05, 0) is 29.7 Å². The highest BCUT2D eigenvalue weighted by atomic mass is 16.5. The second-order valence-corrected chi connectivity index (χ2v) is 6.74. The van der Waals surface area contributed by atoms with E-state index in [-0.39, 0.29) is 24.9 Å². The van der Waals surface area contributed by atoms with Crippen LogP contribution in [-0.4, -0.2) is 32.1 Å². The molecule has 0 aromatic heterocycles. The monoisotopic (exact) mass is 385 g/mol. The van der Waals surface area contributed by atoms with Crippen molar-refractivity contribution in [2.45, 2.75) is 32.9 Å². The Balaban J connectivity index is 2.00. The molecule has 6 heteroatoms. The maximum atomic E-state index is 12.6. The van der Waals surface area contributed by atoms with Crippen LogP contribution in [0, 0.1) is 5.92 Å². The summed E-state index contributed by atoms with van der Waals surface area (Å²) < 4.78 is 16.0. The lowest BCUT2D eigenvalue weighted by Crippen LogP contribution is -2.45. The number of nitrogens with one attached hydrogen (secondary N) is 1. The highest BCUT2D eigenvalue weighted by molar-refractivity contribution is 5.85. The van der Waals surface area contributed by atoms with E-state index in [1.807, 2.05) is 44.2 Å². The van der Waals surface area contributed by atoms with Crippen molar-refractivity contribution < 1.29 is 23.8 Å². The van der Waals surface area contributed by atoms with Gasteiger partial charge in [0.15, 0.2) is 0 Å². The molecule has 6 nitrogen and oxygen atoms in total. The van der Waals surface area contributed by atoms with E-state index >= 15 is 0 Å². The van der Waals surface area contributed by atoms with Crippen molar-refractivity contribution in [1.29, 1.82) is 0 Å². The largest absolute Gasteiger partial charge is 0.497 e.